The van der Waals surface area contributed by atoms with E-state index in [4.69, 9.17) is 38.3 Å². The monoisotopic (exact) mass is 688 g/mol. The van der Waals surface area contributed by atoms with E-state index in [9.17, 15) is 35.4 Å². The quantitative estimate of drug-likeness (QED) is 0.110. The number of methoxy groups -OCH3 is 3. The molecule has 0 spiro atoms. The lowest BCUT2D eigenvalue weighted by Crippen LogP contribution is -2.60. The van der Waals surface area contributed by atoms with Crippen LogP contribution in [0.25, 0.3) is 6.08 Å². The van der Waals surface area contributed by atoms with Gasteiger partial charge in [-0.25, -0.2) is 4.79 Å². The van der Waals surface area contributed by atoms with E-state index in [0.29, 0.717) is 5.75 Å². The van der Waals surface area contributed by atoms with Crippen LogP contribution in [0.5, 0.6) is 34.5 Å². The van der Waals surface area contributed by atoms with Gasteiger partial charge in [-0.1, -0.05) is 24.3 Å². The second-order valence-electron chi connectivity index (χ2n) is 10.8. The Bertz CT molecular complexity index is 1580. The second-order valence-corrected chi connectivity index (χ2v) is 10.8. The van der Waals surface area contributed by atoms with E-state index in [1.165, 1.54) is 57.7 Å². The SMILES string of the molecule is COc1cc(C(=O)OC[C@H]2O[C@@H](Oc3ccc([C@H](O)[C@@H](CO)Oc4ccc(/C=C/CO)cc4OC)cc3OC)[C@H](O)[C@@H](O)[C@@H]2O)ccc1O. The van der Waals surface area contributed by atoms with Gasteiger partial charge in [0.15, 0.2) is 40.6 Å². The number of benzene rings is 3. The minimum absolute atomic E-state index is 0.0210. The lowest BCUT2D eigenvalue weighted by Gasteiger charge is -2.40. The maximum atomic E-state index is 12.6. The summed E-state index contributed by atoms with van der Waals surface area (Å²) in [7, 11) is 4.08. The molecule has 1 heterocycles. The number of esters is 1. The first-order chi connectivity index (χ1) is 23.5. The van der Waals surface area contributed by atoms with E-state index in [1.54, 1.807) is 30.4 Å². The maximum Gasteiger partial charge on any atom is 0.338 e. The van der Waals surface area contributed by atoms with Crippen molar-refractivity contribution in [3.05, 3.63) is 77.4 Å². The van der Waals surface area contributed by atoms with Gasteiger partial charge in [0, 0.05) is 0 Å². The number of phenolic OH excluding ortho intramolecular Hbond substituents is 1. The summed E-state index contributed by atoms with van der Waals surface area (Å²) < 4.78 is 38.4. The van der Waals surface area contributed by atoms with Gasteiger partial charge in [0.05, 0.1) is 40.1 Å². The zero-order valence-corrected chi connectivity index (χ0v) is 26.9. The number of aliphatic hydroxyl groups excluding tert-OH is 6. The van der Waals surface area contributed by atoms with Gasteiger partial charge in [-0.3, -0.25) is 0 Å². The molecule has 4 rings (SSSR count). The number of rotatable bonds is 15. The van der Waals surface area contributed by atoms with Crippen molar-refractivity contribution in [2.75, 3.05) is 41.2 Å². The molecular weight excluding hydrogens is 648 g/mol. The highest BCUT2D eigenvalue weighted by molar-refractivity contribution is 5.90. The molecule has 0 bridgehead atoms. The van der Waals surface area contributed by atoms with E-state index < -0.39 is 62.1 Å². The summed E-state index contributed by atoms with van der Waals surface area (Å²) in [4.78, 5) is 12.6. The van der Waals surface area contributed by atoms with Gasteiger partial charge in [-0.15, -0.1) is 0 Å². The van der Waals surface area contributed by atoms with Gasteiger partial charge in [0.2, 0.25) is 6.29 Å². The minimum Gasteiger partial charge on any atom is -0.504 e. The molecule has 0 radical (unpaired) electrons. The third-order valence-electron chi connectivity index (χ3n) is 7.65. The molecule has 7 atom stereocenters. The molecule has 1 aliphatic rings. The highest BCUT2D eigenvalue weighted by atomic mass is 16.7. The topological polar surface area (TPSA) is 223 Å². The molecule has 49 heavy (non-hydrogen) atoms. The molecule has 266 valence electrons. The highest BCUT2D eigenvalue weighted by Gasteiger charge is 2.46. The van der Waals surface area contributed by atoms with Crippen molar-refractivity contribution in [3.63, 3.8) is 0 Å². The fraction of sp³-hybridized carbons (Fsp3) is 0.382. The van der Waals surface area contributed by atoms with Crippen LogP contribution in [-0.2, 0) is 9.47 Å². The van der Waals surface area contributed by atoms with Gasteiger partial charge in [0.1, 0.15) is 37.1 Å². The predicted octanol–water partition coefficient (Wildman–Crippen LogP) is 0.940. The van der Waals surface area contributed by atoms with Crippen LogP contribution in [0.15, 0.2) is 60.7 Å². The number of hydrogen-bond acceptors (Lipinski definition) is 15. The van der Waals surface area contributed by atoms with Crippen molar-refractivity contribution in [2.24, 2.45) is 0 Å². The Morgan fingerprint density at radius 2 is 1.53 bits per heavy atom. The van der Waals surface area contributed by atoms with Crippen LogP contribution in [0, 0.1) is 0 Å². The van der Waals surface area contributed by atoms with Crippen LogP contribution < -0.4 is 23.7 Å². The highest BCUT2D eigenvalue weighted by Crippen LogP contribution is 2.36. The first-order valence-corrected chi connectivity index (χ1v) is 15.0. The van der Waals surface area contributed by atoms with Gasteiger partial charge in [-0.2, -0.15) is 0 Å². The molecule has 0 aromatic heterocycles. The summed E-state index contributed by atoms with van der Waals surface area (Å²) in [6, 6.07) is 13.1. The Kier molecular flexibility index (Phi) is 13.0. The molecule has 15 heteroatoms. The molecular formula is C34H40O15. The molecule has 0 amide bonds. The van der Waals surface area contributed by atoms with Crippen molar-refractivity contribution in [1.82, 2.24) is 0 Å². The Morgan fingerprint density at radius 1 is 0.837 bits per heavy atom. The van der Waals surface area contributed by atoms with E-state index in [-0.39, 0.29) is 46.5 Å². The van der Waals surface area contributed by atoms with Crippen molar-refractivity contribution >= 4 is 12.0 Å². The first-order valence-electron chi connectivity index (χ1n) is 15.0. The molecule has 3 aromatic carbocycles. The summed E-state index contributed by atoms with van der Waals surface area (Å²) in [5, 5.41) is 71.6. The molecule has 1 saturated heterocycles. The Labute approximate surface area is 281 Å². The largest absolute Gasteiger partial charge is 0.504 e. The average molecular weight is 689 g/mol. The van der Waals surface area contributed by atoms with Gasteiger partial charge in [0.25, 0.3) is 0 Å². The van der Waals surface area contributed by atoms with Crippen LogP contribution in [-0.4, -0.2) is 120 Å². The van der Waals surface area contributed by atoms with Gasteiger partial charge < -0.3 is 68.9 Å². The van der Waals surface area contributed by atoms with Gasteiger partial charge in [-0.05, 0) is 53.6 Å². The number of carbonyl (C=O) groups excluding carboxylic acids is 1. The predicted molar refractivity (Wildman–Crippen MR) is 171 cm³/mol. The fourth-order valence-corrected chi connectivity index (χ4v) is 4.94. The number of carbonyl (C=O) groups is 1. The molecule has 1 fully saturated rings. The smallest absolute Gasteiger partial charge is 0.338 e. The lowest BCUT2D eigenvalue weighted by atomic mass is 9.99. The van der Waals surface area contributed by atoms with Gasteiger partial charge >= 0.3 is 5.97 Å². The normalized spacial score (nSPS) is 21.9. The minimum atomic E-state index is -1.75. The summed E-state index contributed by atoms with van der Waals surface area (Å²) in [5.41, 5.74) is 1.04. The van der Waals surface area contributed by atoms with Crippen LogP contribution in [0.2, 0.25) is 0 Å². The van der Waals surface area contributed by atoms with E-state index in [2.05, 4.69) is 0 Å². The van der Waals surface area contributed by atoms with Crippen LogP contribution in [0.1, 0.15) is 27.6 Å². The fourth-order valence-electron chi connectivity index (χ4n) is 4.94. The summed E-state index contributed by atoms with van der Waals surface area (Å²) in [5.74, 6) is -0.295. The summed E-state index contributed by atoms with van der Waals surface area (Å²) in [6.45, 7) is -1.25. The molecule has 1 aliphatic heterocycles. The molecule has 3 aromatic rings. The van der Waals surface area contributed by atoms with Crippen molar-refractivity contribution in [1.29, 1.82) is 0 Å². The van der Waals surface area contributed by atoms with Crippen LogP contribution >= 0.6 is 0 Å². The summed E-state index contributed by atoms with van der Waals surface area (Å²) in [6.07, 6.45) is -7.28. The van der Waals surface area contributed by atoms with Crippen molar-refractivity contribution in [3.8, 4) is 34.5 Å². The van der Waals surface area contributed by atoms with E-state index in [0.717, 1.165) is 5.56 Å². The zero-order valence-electron chi connectivity index (χ0n) is 26.9. The lowest BCUT2D eigenvalue weighted by molar-refractivity contribution is -0.277. The van der Waals surface area contributed by atoms with Crippen LogP contribution in [0.4, 0.5) is 0 Å². The molecule has 0 unspecified atom stereocenters. The Morgan fingerprint density at radius 3 is 2.20 bits per heavy atom. The third-order valence-corrected chi connectivity index (χ3v) is 7.65. The van der Waals surface area contributed by atoms with Crippen molar-refractivity contribution < 1.29 is 73.7 Å². The first kappa shape index (κ1) is 37.2. The van der Waals surface area contributed by atoms with Crippen molar-refractivity contribution in [2.45, 2.75) is 42.9 Å². The molecule has 0 aliphatic carbocycles. The molecule has 0 saturated carbocycles. The summed E-state index contributed by atoms with van der Waals surface area (Å²) >= 11 is 0. The standard InChI is InChI=1S/C34H40O15/c1-43-24-15-20(7-9-21(24)37)33(42)46-17-28-30(39)31(40)32(41)34(49-28)48-23-11-8-19(14-26(23)45-3)29(38)27(16-36)47-22-10-6-18(5-4-12-35)13-25(22)44-2/h4-11,13-15,27-32,34-41H,12,16-17H2,1-3H3/b5-4+/t27-,28-,29+,30-,31+,32-,34-/m1/s1. The molecule has 7 N–H and O–H groups in total. The number of hydrogen-bond donors (Lipinski definition) is 7. The third kappa shape index (κ3) is 8.90. The number of aromatic hydroxyl groups is 1. The maximum absolute atomic E-state index is 12.6. The Hall–Kier alpha value is -4.61. The van der Waals surface area contributed by atoms with Crippen LogP contribution in [0.3, 0.4) is 0 Å². The number of aliphatic hydroxyl groups is 6. The average Bonchev–Trinajstić information content (AvgIpc) is 3.12. The van der Waals surface area contributed by atoms with E-state index in [1.807, 2.05) is 0 Å². The zero-order chi connectivity index (χ0) is 35.7. The Balaban J connectivity index is 1.46. The number of phenols is 1. The van der Waals surface area contributed by atoms with E-state index >= 15 is 0 Å². The number of ether oxygens (including phenoxy) is 7. The second kappa shape index (κ2) is 17.2. The molecule has 15 nitrogen and oxygen atoms in total.